The molecule has 2 rings (SSSR count). The number of hydrogen-bond acceptors (Lipinski definition) is 4. The highest BCUT2D eigenvalue weighted by Crippen LogP contribution is 2.14. The van der Waals surface area contributed by atoms with E-state index in [1.54, 1.807) is 36.4 Å². The minimum atomic E-state index is -0.893. The molecule has 0 aliphatic rings. The fourth-order valence-electron chi connectivity index (χ4n) is 2.03. The van der Waals surface area contributed by atoms with Crippen LogP contribution in [0.15, 0.2) is 48.5 Å². The third-order valence-corrected chi connectivity index (χ3v) is 3.27. The predicted octanol–water partition coefficient (Wildman–Crippen LogP) is 1.70. The first-order chi connectivity index (χ1) is 12.0. The smallest absolute Gasteiger partial charge is 0.313 e. The van der Waals surface area contributed by atoms with Gasteiger partial charge in [0.05, 0.1) is 13.7 Å². The summed E-state index contributed by atoms with van der Waals surface area (Å²) in [4.78, 5) is 35.4. The van der Waals surface area contributed by atoms with Crippen LogP contribution in [0.5, 0.6) is 5.75 Å². The number of carbonyl (C=O) groups excluding carboxylic acids is 3. The number of benzene rings is 2. The number of amides is 3. The van der Waals surface area contributed by atoms with E-state index in [2.05, 4.69) is 16.0 Å². The van der Waals surface area contributed by atoms with Crippen LogP contribution in [0.1, 0.15) is 5.56 Å². The molecular formula is C18H19N3O4. The van der Waals surface area contributed by atoms with Crippen molar-refractivity contribution in [3.05, 3.63) is 54.1 Å². The lowest BCUT2D eigenvalue weighted by Crippen LogP contribution is -2.39. The normalized spacial score (nSPS) is 9.84. The van der Waals surface area contributed by atoms with Gasteiger partial charge >= 0.3 is 11.8 Å². The van der Waals surface area contributed by atoms with Crippen molar-refractivity contribution in [2.45, 2.75) is 6.92 Å². The van der Waals surface area contributed by atoms with Gasteiger partial charge in [0.1, 0.15) is 5.75 Å². The summed E-state index contributed by atoms with van der Waals surface area (Å²) in [5.74, 6) is -1.53. The summed E-state index contributed by atoms with van der Waals surface area (Å²) >= 11 is 0. The summed E-state index contributed by atoms with van der Waals surface area (Å²) in [6.07, 6.45) is 0. The Bertz CT molecular complexity index is 772. The zero-order chi connectivity index (χ0) is 18.2. The van der Waals surface area contributed by atoms with Gasteiger partial charge in [-0.3, -0.25) is 14.4 Å². The third-order valence-electron chi connectivity index (χ3n) is 3.27. The van der Waals surface area contributed by atoms with E-state index in [9.17, 15) is 14.4 Å². The maximum Gasteiger partial charge on any atom is 0.313 e. The van der Waals surface area contributed by atoms with Gasteiger partial charge in [-0.15, -0.1) is 0 Å². The van der Waals surface area contributed by atoms with E-state index < -0.39 is 17.7 Å². The molecule has 0 bridgehead atoms. The van der Waals surface area contributed by atoms with Crippen LogP contribution in [0.2, 0.25) is 0 Å². The molecule has 2 aromatic rings. The molecule has 25 heavy (non-hydrogen) atoms. The molecule has 0 aliphatic heterocycles. The lowest BCUT2D eigenvalue weighted by molar-refractivity contribution is -0.136. The predicted molar refractivity (Wildman–Crippen MR) is 94.4 cm³/mol. The monoisotopic (exact) mass is 341 g/mol. The molecule has 7 nitrogen and oxygen atoms in total. The summed E-state index contributed by atoms with van der Waals surface area (Å²) < 4.78 is 5.01. The van der Waals surface area contributed by atoms with Crippen LogP contribution in [0, 0.1) is 6.92 Å². The number of anilines is 2. The Kier molecular flexibility index (Phi) is 6.11. The van der Waals surface area contributed by atoms with Crippen molar-refractivity contribution in [2.75, 3.05) is 24.3 Å². The molecule has 0 saturated carbocycles. The first-order valence-corrected chi connectivity index (χ1v) is 7.57. The molecule has 0 saturated heterocycles. The molecule has 0 spiro atoms. The van der Waals surface area contributed by atoms with Crippen LogP contribution in [-0.2, 0) is 14.4 Å². The van der Waals surface area contributed by atoms with Crippen molar-refractivity contribution in [1.29, 1.82) is 0 Å². The second-order valence-electron chi connectivity index (χ2n) is 5.28. The van der Waals surface area contributed by atoms with E-state index in [1.165, 1.54) is 7.11 Å². The molecule has 0 fully saturated rings. The van der Waals surface area contributed by atoms with Crippen molar-refractivity contribution in [3.8, 4) is 5.75 Å². The summed E-state index contributed by atoms with van der Waals surface area (Å²) in [7, 11) is 1.53. The number of nitrogens with one attached hydrogen (secondary N) is 3. The number of hydrogen-bond donors (Lipinski definition) is 3. The summed E-state index contributed by atoms with van der Waals surface area (Å²) in [5.41, 5.74) is 2.08. The Morgan fingerprint density at radius 1 is 0.920 bits per heavy atom. The van der Waals surface area contributed by atoms with Crippen molar-refractivity contribution in [2.24, 2.45) is 0 Å². The van der Waals surface area contributed by atoms with Crippen molar-refractivity contribution < 1.29 is 19.1 Å². The van der Waals surface area contributed by atoms with Crippen LogP contribution in [-0.4, -0.2) is 31.4 Å². The fraction of sp³-hybridized carbons (Fsp3) is 0.167. The molecule has 0 atom stereocenters. The van der Waals surface area contributed by atoms with Crippen LogP contribution in [0.25, 0.3) is 0 Å². The average molecular weight is 341 g/mol. The van der Waals surface area contributed by atoms with Crippen LogP contribution in [0.3, 0.4) is 0 Å². The van der Waals surface area contributed by atoms with E-state index >= 15 is 0 Å². The number of methoxy groups -OCH3 is 1. The average Bonchev–Trinajstić information content (AvgIpc) is 2.60. The quantitative estimate of drug-likeness (QED) is 0.721. The van der Waals surface area contributed by atoms with Crippen molar-refractivity contribution >= 4 is 29.1 Å². The van der Waals surface area contributed by atoms with Gasteiger partial charge in [-0.1, -0.05) is 12.1 Å². The lowest BCUT2D eigenvalue weighted by atomic mass is 10.2. The second kappa shape index (κ2) is 8.49. The van der Waals surface area contributed by atoms with Crippen LogP contribution < -0.4 is 20.7 Å². The highest BCUT2D eigenvalue weighted by Gasteiger charge is 2.15. The van der Waals surface area contributed by atoms with Gasteiger partial charge in [-0.25, -0.2) is 0 Å². The SMILES string of the molecule is COc1ccc(NC(=O)C(=O)NCC(=O)Nc2cccc(C)c2)cc1. The number of carbonyl (C=O) groups is 3. The van der Waals surface area contributed by atoms with Gasteiger partial charge in [0.15, 0.2) is 0 Å². The molecule has 3 amide bonds. The summed E-state index contributed by atoms with van der Waals surface area (Å²) in [6, 6.07) is 13.8. The van der Waals surface area contributed by atoms with E-state index in [4.69, 9.17) is 4.74 Å². The first kappa shape index (κ1) is 18.0. The minimum Gasteiger partial charge on any atom is -0.497 e. The second-order valence-corrected chi connectivity index (χ2v) is 5.28. The Hall–Kier alpha value is -3.35. The number of ether oxygens (including phenoxy) is 1. The summed E-state index contributed by atoms with van der Waals surface area (Å²) in [5, 5.41) is 7.35. The molecule has 0 aliphatic carbocycles. The van der Waals surface area contributed by atoms with Gasteiger partial charge in [0.25, 0.3) is 0 Å². The van der Waals surface area contributed by atoms with Crippen molar-refractivity contribution in [3.63, 3.8) is 0 Å². The largest absolute Gasteiger partial charge is 0.497 e. The molecule has 0 aromatic heterocycles. The molecule has 0 unspecified atom stereocenters. The Labute approximate surface area is 145 Å². The highest BCUT2D eigenvalue weighted by atomic mass is 16.5. The van der Waals surface area contributed by atoms with Crippen LogP contribution >= 0.6 is 0 Å². The Morgan fingerprint density at radius 2 is 1.64 bits per heavy atom. The van der Waals surface area contributed by atoms with Gasteiger partial charge in [-0.2, -0.15) is 0 Å². The molecule has 7 heteroatoms. The van der Waals surface area contributed by atoms with Gasteiger partial charge in [-0.05, 0) is 48.9 Å². The van der Waals surface area contributed by atoms with Crippen LogP contribution in [0.4, 0.5) is 11.4 Å². The highest BCUT2D eigenvalue weighted by molar-refractivity contribution is 6.39. The Morgan fingerprint density at radius 3 is 2.28 bits per heavy atom. The fourth-order valence-corrected chi connectivity index (χ4v) is 2.03. The van der Waals surface area contributed by atoms with E-state index in [0.29, 0.717) is 17.1 Å². The maximum absolute atomic E-state index is 11.8. The molecule has 2 aromatic carbocycles. The van der Waals surface area contributed by atoms with E-state index in [0.717, 1.165) is 5.56 Å². The zero-order valence-corrected chi connectivity index (χ0v) is 14.0. The number of aryl methyl sites for hydroxylation is 1. The van der Waals surface area contributed by atoms with Gasteiger partial charge in [0.2, 0.25) is 5.91 Å². The topological polar surface area (TPSA) is 96.5 Å². The minimum absolute atomic E-state index is 0.303. The Balaban J connectivity index is 1.80. The molecule has 130 valence electrons. The van der Waals surface area contributed by atoms with Gasteiger partial charge < -0.3 is 20.7 Å². The number of rotatable bonds is 5. The third kappa shape index (κ3) is 5.65. The molecular weight excluding hydrogens is 322 g/mol. The maximum atomic E-state index is 11.8. The zero-order valence-electron chi connectivity index (χ0n) is 14.0. The first-order valence-electron chi connectivity index (χ1n) is 7.57. The van der Waals surface area contributed by atoms with Crippen molar-refractivity contribution in [1.82, 2.24) is 5.32 Å². The van der Waals surface area contributed by atoms with E-state index in [-0.39, 0.29) is 6.54 Å². The van der Waals surface area contributed by atoms with E-state index in [1.807, 2.05) is 19.1 Å². The lowest BCUT2D eigenvalue weighted by Gasteiger charge is -2.08. The standard InChI is InChI=1S/C18H19N3O4/c1-12-4-3-5-14(10-12)20-16(22)11-19-17(23)18(24)21-13-6-8-15(25-2)9-7-13/h3-10H,11H2,1-2H3,(H,19,23)(H,20,22)(H,21,24). The van der Waals surface area contributed by atoms with Gasteiger partial charge in [0, 0.05) is 11.4 Å². The molecule has 3 N–H and O–H groups in total. The molecule has 0 heterocycles. The molecule has 0 radical (unpaired) electrons. The summed E-state index contributed by atoms with van der Waals surface area (Å²) in [6.45, 7) is 1.60.